The molecule has 0 unspecified atom stereocenters. The van der Waals surface area contributed by atoms with Crippen molar-refractivity contribution in [2.45, 2.75) is 26.2 Å². The van der Waals surface area contributed by atoms with Gasteiger partial charge in [0.15, 0.2) is 12.0 Å². The van der Waals surface area contributed by atoms with Crippen molar-refractivity contribution >= 4 is 34.2 Å². The number of aryl methyl sites for hydroxylation is 1. The molecular weight excluding hydrogens is 438 g/mol. The Morgan fingerprint density at radius 1 is 1.03 bits per heavy atom. The van der Waals surface area contributed by atoms with Crippen molar-refractivity contribution in [3.63, 3.8) is 0 Å². The lowest BCUT2D eigenvalue weighted by Gasteiger charge is -2.09. The van der Waals surface area contributed by atoms with Crippen molar-refractivity contribution < 1.29 is 13.9 Å². The Bertz CT molecular complexity index is 1310. The minimum Gasteiger partial charge on any atom is -0.484 e. The third kappa shape index (κ3) is 5.62. The van der Waals surface area contributed by atoms with Gasteiger partial charge in [0.1, 0.15) is 17.6 Å². The van der Waals surface area contributed by atoms with E-state index in [1.807, 2.05) is 24.3 Å². The maximum absolute atomic E-state index is 12.9. The number of rotatable bonds is 8. The molecule has 3 aromatic carbocycles. The molecule has 1 N–H and O–H groups in total. The van der Waals surface area contributed by atoms with Crippen molar-refractivity contribution in [2.24, 2.45) is 0 Å². The lowest BCUT2D eigenvalue weighted by atomic mass is 10.1. The normalized spacial score (nSPS) is 10.8. The smallest absolute Gasteiger partial charge is 0.262 e. The first-order valence-electron chi connectivity index (χ1n) is 10.9. The second kappa shape index (κ2) is 10.4. The van der Waals surface area contributed by atoms with Crippen molar-refractivity contribution in [3.05, 3.63) is 93.8 Å². The Labute approximate surface area is 197 Å². The summed E-state index contributed by atoms with van der Waals surface area (Å²) in [7, 11) is 0. The van der Waals surface area contributed by atoms with Gasteiger partial charge in [-0.15, -0.1) is 0 Å². The van der Waals surface area contributed by atoms with Crippen LogP contribution in [0.1, 0.15) is 25.3 Å². The Balaban J connectivity index is 1.40. The van der Waals surface area contributed by atoms with E-state index in [2.05, 4.69) is 12.2 Å². The van der Waals surface area contributed by atoms with Crippen LogP contribution in [0.3, 0.4) is 0 Å². The fourth-order valence-corrected chi connectivity index (χ4v) is 3.63. The molecule has 0 saturated carbocycles. The molecule has 0 saturated heterocycles. The van der Waals surface area contributed by atoms with Crippen LogP contribution >= 0.6 is 11.6 Å². The summed E-state index contributed by atoms with van der Waals surface area (Å²) in [5.41, 5.74) is 3.40. The third-order valence-electron chi connectivity index (χ3n) is 5.33. The van der Waals surface area contributed by atoms with Gasteiger partial charge >= 0.3 is 0 Å². The maximum atomic E-state index is 12.9. The number of carbonyl (C=O) groups excluding carboxylic acids is 1. The van der Waals surface area contributed by atoms with Crippen molar-refractivity contribution in [1.82, 2.24) is 0 Å². The number of carbonyl (C=O) groups is 1. The van der Waals surface area contributed by atoms with Crippen LogP contribution in [0, 0.1) is 0 Å². The monoisotopic (exact) mass is 461 g/mol. The molecule has 1 aromatic heterocycles. The van der Waals surface area contributed by atoms with Crippen LogP contribution in [0.4, 0.5) is 5.69 Å². The van der Waals surface area contributed by atoms with Gasteiger partial charge in [-0.1, -0.05) is 49.2 Å². The molecule has 33 heavy (non-hydrogen) atoms. The first-order chi connectivity index (χ1) is 16.0. The van der Waals surface area contributed by atoms with Gasteiger partial charge in [-0.05, 0) is 60.4 Å². The van der Waals surface area contributed by atoms with Crippen LogP contribution < -0.4 is 15.5 Å². The van der Waals surface area contributed by atoms with Crippen LogP contribution in [-0.2, 0) is 11.2 Å². The molecule has 0 bridgehead atoms. The minimum atomic E-state index is -0.268. The molecule has 0 aliphatic rings. The summed E-state index contributed by atoms with van der Waals surface area (Å²) in [6.07, 6.45) is 4.76. The standard InChI is InChI=1S/C27H24ClNO4/c1-2-3-4-18-5-11-21(12-6-18)29-26(30)17-32-22-13-14-23-25(15-22)33-16-24(27(23)31)19-7-9-20(28)10-8-19/h5-16H,2-4,17H2,1H3,(H,29,30). The first kappa shape index (κ1) is 22.6. The van der Waals surface area contributed by atoms with Gasteiger partial charge in [0.05, 0.1) is 10.9 Å². The van der Waals surface area contributed by atoms with Gasteiger partial charge in [0, 0.05) is 16.8 Å². The minimum absolute atomic E-state index is 0.148. The number of halogens is 1. The molecule has 4 rings (SSSR count). The van der Waals surface area contributed by atoms with E-state index < -0.39 is 0 Å². The fourth-order valence-electron chi connectivity index (χ4n) is 3.51. The zero-order valence-electron chi connectivity index (χ0n) is 18.3. The predicted molar refractivity (Wildman–Crippen MR) is 132 cm³/mol. The number of benzene rings is 3. The molecule has 0 spiro atoms. The molecule has 6 heteroatoms. The second-order valence-corrected chi connectivity index (χ2v) is 8.22. The van der Waals surface area contributed by atoms with E-state index in [1.165, 1.54) is 11.8 Å². The topological polar surface area (TPSA) is 68.5 Å². The van der Waals surface area contributed by atoms with Crippen molar-refractivity contribution in [1.29, 1.82) is 0 Å². The highest BCUT2D eigenvalue weighted by atomic mass is 35.5. The molecule has 4 aromatic rings. The zero-order valence-corrected chi connectivity index (χ0v) is 19.0. The first-order valence-corrected chi connectivity index (χ1v) is 11.2. The van der Waals surface area contributed by atoms with E-state index in [0.29, 0.717) is 27.3 Å². The number of fused-ring (bicyclic) bond motifs is 1. The lowest BCUT2D eigenvalue weighted by molar-refractivity contribution is -0.118. The summed E-state index contributed by atoms with van der Waals surface area (Å²) in [5, 5.41) is 3.85. The van der Waals surface area contributed by atoms with Gasteiger partial charge in [0.25, 0.3) is 5.91 Å². The summed E-state index contributed by atoms with van der Waals surface area (Å²) in [6, 6.07) is 19.7. The Morgan fingerprint density at radius 3 is 2.52 bits per heavy atom. The molecule has 0 aliphatic carbocycles. The average Bonchev–Trinajstić information content (AvgIpc) is 2.83. The van der Waals surface area contributed by atoms with Crippen LogP contribution in [0.5, 0.6) is 5.75 Å². The zero-order chi connectivity index (χ0) is 23.2. The summed E-state index contributed by atoms with van der Waals surface area (Å²) in [5.74, 6) is 0.172. The van der Waals surface area contributed by atoms with Crippen LogP contribution in [0.2, 0.25) is 5.02 Å². The van der Waals surface area contributed by atoms with E-state index in [4.69, 9.17) is 20.8 Å². The number of unbranched alkanes of at least 4 members (excludes halogenated alkanes) is 1. The maximum Gasteiger partial charge on any atom is 0.262 e. The average molecular weight is 462 g/mol. The van der Waals surface area contributed by atoms with Crippen molar-refractivity contribution in [2.75, 3.05) is 11.9 Å². The molecule has 168 valence electrons. The van der Waals surface area contributed by atoms with Gasteiger partial charge in [-0.25, -0.2) is 0 Å². The highest BCUT2D eigenvalue weighted by molar-refractivity contribution is 6.30. The van der Waals surface area contributed by atoms with Crippen LogP contribution in [-0.4, -0.2) is 12.5 Å². The largest absolute Gasteiger partial charge is 0.484 e. The number of hydrogen-bond donors (Lipinski definition) is 1. The predicted octanol–water partition coefficient (Wildman–Crippen LogP) is 6.47. The SMILES string of the molecule is CCCCc1ccc(NC(=O)COc2ccc3c(=O)c(-c4ccc(Cl)cc4)coc3c2)cc1. The molecule has 1 heterocycles. The molecule has 0 fully saturated rings. The van der Waals surface area contributed by atoms with E-state index >= 15 is 0 Å². The van der Waals surface area contributed by atoms with Gasteiger partial charge in [-0.3, -0.25) is 9.59 Å². The highest BCUT2D eigenvalue weighted by Crippen LogP contribution is 2.24. The van der Waals surface area contributed by atoms with Gasteiger partial charge in [0.2, 0.25) is 0 Å². The molecule has 0 atom stereocenters. The van der Waals surface area contributed by atoms with E-state index in [0.717, 1.165) is 30.5 Å². The molecular formula is C27H24ClNO4. The van der Waals surface area contributed by atoms with Gasteiger partial charge < -0.3 is 14.5 Å². The van der Waals surface area contributed by atoms with Crippen LogP contribution in [0.15, 0.2) is 82.2 Å². The Morgan fingerprint density at radius 2 is 1.79 bits per heavy atom. The van der Waals surface area contributed by atoms with Gasteiger partial charge in [-0.2, -0.15) is 0 Å². The third-order valence-corrected chi connectivity index (χ3v) is 5.58. The number of anilines is 1. The highest BCUT2D eigenvalue weighted by Gasteiger charge is 2.11. The molecule has 0 aliphatic heterocycles. The summed E-state index contributed by atoms with van der Waals surface area (Å²) in [4.78, 5) is 25.1. The Hall–Kier alpha value is -3.57. The summed E-state index contributed by atoms with van der Waals surface area (Å²) < 4.78 is 11.3. The number of hydrogen-bond acceptors (Lipinski definition) is 4. The Kier molecular flexibility index (Phi) is 7.10. The summed E-state index contributed by atoms with van der Waals surface area (Å²) >= 11 is 5.93. The quantitative estimate of drug-likeness (QED) is 0.326. The van der Waals surface area contributed by atoms with Crippen LogP contribution in [0.25, 0.3) is 22.1 Å². The van der Waals surface area contributed by atoms with E-state index in [1.54, 1.807) is 42.5 Å². The fraction of sp³-hybridized carbons (Fsp3) is 0.185. The van der Waals surface area contributed by atoms with E-state index in [9.17, 15) is 9.59 Å². The molecule has 5 nitrogen and oxygen atoms in total. The number of ether oxygens (including phenoxy) is 1. The summed E-state index contributed by atoms with van der Waals surface area (Å²) in [6.45, 7) is 2.01. The second-order valence-electron chi connectivity index (χ2n) is 7.78. The molecule has 1 amide bonds. The molecule has 0 radical (unpaired) electrons. The van der Waals surface area contributed by atoms with E-state index in [-0.39, 0.29) is 17.9 Å². The van der Waals surface area contributed by atoms with Crippen molar-refractivity contribution in [3.8, 4) is 16.9 Å². The number of nitrogens with one attached hydrogen (secondary N) is 1. The number of amides is 1. The lowest BCUT2D eigenvalue weighted by Crippen LogP contribution is -2.20.